The zero-order valence-corrected chi connectivity index (χ0v) is 14.4. The number of hydrogen-bond acceptors (Lipinski definition) is 3. The summed E-state index contributed by atoms with van der Waals surface area (Å²) in [5.41, 5.74) is 0.824. The van der Waals surface area contributed by atoms with Crippen LogP contribution < -0.4 is 4.72 Å². The van der Waals surface area contributed by atoms with Crippen LogP contribution in [0, 0.1) is 5.82 Å². The summed E-state index contributed by atoms with van der Waals surface area (Å²) in [6.45, 7) is 0.160. The van der Waals surface area contributed by atoms with Crippen molar-refractivity contribution in [3.05, 3.63) is 64.9 Å². The third-order valence-electron chi connectivity index (χ3n) is 3.45. The number of benzene rings is 2. The molecule has 1 atom stereocenters. The molecule has 0 bridgehead atoms. The first-order valence-electron chi connectivity index (χ1n) is 6.97. The van der Waals surface area contributed by atoms with Gasteiger partial charge >= 0.3 is 0 Å². The van der Waals surface area contributed by atoms with Gasteiger partial charge < -0.3 is 4.90 Å². The second-order valence-corrected chi connectivity index (χ2v) is 7.54. The van der Waals surface area contributed by atoms with Gasteiger partial charge in [0.1, 0.15) is 5.82 Å². The van der Waals surface area contributed by atoms with Gasteiger partial charge in [-0.2, -0.15) is 0 Å². The highest BCUT2D eigenvalue weighted by molar-refractivity contribution is 7.89. The van der Waals surface area contributed by atoms with Gasteiger partial charge in [-0.1, -0.05) is 29.8 Å². The highest BCUT2D eigenvalue weighted by atomic mass is 35.5. The van der Waals surface area contributed by atoms with Crippen molar-refractivity contribution in [3.63, 3.8) is 0 Å². The van der Waals surface area contributed by atoms with Crippen LogP contribution in [0.3, 0.4) is 0 Å². The lowest BCUT2D eigenvalue weighted by Crippen LogP contribution is -2.34. The minimum absolute atomic E-state index is 0.113. The zero-order chi connectivity index (χ0) is 17.0. The van der Waals surface area contributed by atoms with E-state index in [-0.39, 0.29) is 23.3 Å². The molecule has 7 heteroatoms. The van der Waals surface area contributed by atoms with E-state index in [0.29, 0.717) is 5.02 Å². The number of nitrogens with zero attached hydrogens (tertiary/aromatic N) is 1. The molecule has 2 rings (SSSR count). The number of nitrogens with one attached hydrogen (secondary N) is 1. The third-order valence-corrected chi connectivity index (χ3v) is 5.11. The Hall–Kier alpha value is -1.47. The van der Waals surface area contributed by atoms with Crippen LogP contribution in [0.15, 0.2) is 53.4 Å². The van der Waals surface area contributed by atoms with Crippen molar-refractivity contribution < 1.29 is 12.8 Å². The first-order valence-corrected chi connectivity index (χ1v) is 8.83. The van der Waals surface area contributed by atoms with Gasteiger partial charge in [0.25, 0.3) is 0 Å². The van der Waals surface area contributed by atoms with Crippen LogP contribution in [-0.4, -0.2) is 34.0 Å². The molecule has 0 aliphatic carbocycles. The zero-order valence-electron chi connectivity index (χ0n) is 12.8. The highest BCUT2D eigenvalue weighted by Gasteiger charge is 2.20. The summed E-state index contributed by atoms with van der Waals surface area (Å²) >= 11 is 5.84. The molecule has 1 unspecified atom stereocenters. The van der Waals surface area contributed by atoms with Crippen LogP contribution in [0.4, 0.5) is 4.39 Å². The van der Waals surface area contributed by atoms with Gasteiger partial charge in [0.05, 0.1) is 4.90 Å². The number of rotatable bonds is 6. The number of halogens is 2. The molecule has 0 heterocycles. The molecule has 0 aliphatic heterocycles. The fourth-order valence-electron chi connectivity index (χ4n) is 2.19. The quantitative estimate of drug-likeness (QED) is 0.865. The van der Waals surface area contributed by atoms with Gasteiger partial charge in [0.2, 0.25) is 10.0 Å². The Morgan fingerprint density at radius 2 is 1.83 bits per heavy atom. The summed E-state index contributed by atoms with van der Waals surface area (Å²) in [4.78, 5) is 1.98. The molecule has 0 amide bonds. The Kier molecular flexibility index (Phi) is 5.75. The summed E-state index contributed by atoms with van der Waals surface area (Å²) in [6, 6.07) is 11.9. The van der Waals surface area contributed by atoms with Crippen molar-refractivity contribution >= 4 is 21.6 Å². The summed E-state index contributed by atoms with van der Waals surface area (Å²) in [5.74, 6) is -0.328. The maximum absolute atomic E-state index is 13.0. The number of likely N-dealkylation sites (N-methyl/N-ethyl adjacent to an activating group) is 1. The van der Waals surface area contributed by atoms with Gasteiger partial charge in [-0.15, -0.1) is 0 Å². The standard InChI is InChI=1S/C16H18ClFN2O2S/c1-20(2)16(12-6-8-14(18)9-7-12)11-19-23(21,22)15-5-3-4-13(17)10-15/h3-10,16,19H,11H2,1-2H3. The second-order valence-electron chi connectivity index (χ2n) is 5.34. The van der Waals surface area contributed by atoms with E-state index in [1.807, 2.05) is 19.0 Å². The van der Waals surface area contributed by atoms with Crippen LogP contribution in [-0.2, 0) is 10.0 Å². The van der Waals surface area contributed by atoms with Crippen molar-refractivity contribution in [2.45, 2.75) is 10.9 Å². The molecule has 0 fully saturated rings. The molecule has 0 aromatic heterocycles. The predicted molar refractivity (Wildman–Crippen MR) is 89.5 cm³/mol. The highest BCUT2D eigenvalue weighted by Crippen LogP contribution is 2.20. The monoisotopic (exact) mass is 356 g/mol. The van der Waals surface area contributed by atoms with E-state index in [2.05, 4.69) is 4.72 Å². The van der Waals surface area contributed by atoms with Crippen LogP contribution in [0.1, 0.15) is 11.6 Å². The molecule has 0 spiro atoms. The van der Waals surface area contributed by atoms with Crippen molar-refractivity contribution in [2.75, 3.05) is 20.6 Å². The molecule has 0 radical (unpaired) electrons. The number of hydrogen-bond donors (Lipinski definition) is 1. The average molecular weight is 357 g/mol. The minimum atomic E-state index is -3.66. The lowest BCUT2D eigenvalue weighted by molar-refractivity contribution is 0.299. The van der Waals surface area contributed by atoms with Crippen molar-refractivity contribution in [1.82, 2.24) is 9.62 Å². The van der Waals surface area contributed by atoms with E-state index in [0.717, 1.165) is 5.56 Å². The van der Waals surface area contributed by atoms with Gasteiger partial charge in [0, 0.05) is 17.6 Å². The molecule has 0 aliphatic rings. The van der Waals surface area contributed by atoms with Crippen LogP contribution in [0.2, 0.25) is 5.02 Å². The fraction of sp³-hybridized carbons (Fsp3) is 0.250. The molecule has 2 aromatic rings. The molecule has 1 N–H and O–H groups in total. The Bertz CT molecular complexity index is 764. The topological polar surface area (TPSA) is 49.4 Å². The summed E-state index contributed by atoms with van der Waals surface area (Å²) in [6.07, 6.45) is 0. The Balaban J connectivity index is 2.17. The average Bonchev–Trinajstić information content (AvgIpc) is 2.49. The minimum Gasteiger partial charge on any atom is -0.301 e. The first-order chi connectivity index (χ1) is 10.8. The van der Waals surface area contributed by atoms with Gasteiger partial charge in [-0.25, -0.2) is 17.5 Å². The molecule has 23 heavy (non-hydrogen) atoms. The van der Waals surface area contributed by atoms with Crippen molar-refractivity contribution in [3.8, 4) is 0 Å². The van der Waals surface area contributed by atoms with Crippen molar-refractivity contribution in [1.29, 1.82) is 0 Å². The maximum Gasteiger partial charge on any atom is 0.240 e. The summed E-state index contributed by atoms with van der Waals surface area (Å²) in [7, 11) is 0.00734. The number of sulfonamides is 1. The van der Waals surface area contributed by atoms with E-state index in [1.54, 1.807) is 24.3 Å². The smallest absolute Gasteiger partial charge is 0.240 e. The van der Waals surface area contributed by atoms with Crippen LogP contribution >= 0.6 is 11.6 Å². The van der Waals surface area contributed by atoms with Gasteiger partial charge in [-0.05, 0) is 50.0 Å². The van der Waals surface area contributed by atoms with E-state index in [9.17, 15) is 12.8 Å². The third kappa shape index (κ3) is 4.75. The van der Waals surface area contributed by atoms with Crippen molar-refractivity contribution in [2.24, 2.45) is 0 Å². The molecule has 2 aromatic carbocycles. The molecule has 0 saturated heterocycles. The van der Waals surface area contributed by atoms with E-state index in [1.165, 1.54) is 24.3 Å². The Labute approximate surface area is 140 Å². The molecule has 0 saturated carbocycles. The SMILES string of the molecule is CN(C)C(CNS(=O)(=O)c1cccc(Cl)c1)c1ccc(F)cc1. The van der Waals surface area contributed by atoms with E-state index >= 15 is 0 Å². The van der Waals surface area contributed by atoms with Gasteiger partial charge in [-0.3, -0.25) is 0 Å². The molecule has 4 nitrogen and oxygen atoms in total. The maximum atomic E-state index is 13.0. The van der Waals surface area contributed by atoms with Crippen LogP contribution in [0.5, 0.6) is 0 Å². The fourth-order valence-corrected chi connectivity index (χ4v) is 3.53. The second kappa shape index (κ2) is 7.40. The molecular formula is C16H18ClFN2O2S. The summed E-state index contributed by atoms with van der Waals surface area (Å²) in [5, 5.41) is 0.357. The lowest BCUT2D eigenvalue weighted by Gasteiger charge is -2.25. The summed E-state index contributed by atoms with van der Waals surface area (Å²) < 4.78 is 40.3. The Morgan fingerprint density at radius 1 is 1.17 bits per heavy atom. The van der Waals surface area contributed by atoms with E-state index in [4.69, 9.17) is 11.6 Å². The van der Waals surface area contributed by atoms with Crippen LogP contribution in [0.25, 0.3) is 0 Å². The molecule has 124 valence electrons. The predicted octanol–water partition coefficient (Wildman–Crippen LogP) is 3.06. The Morgan fingerprint density at radius 3 is 2.39 bits per heavy atom. The normalized spacial score (nSPS) is 13.3. The molecular weight excluding hydrogens is 339 g/mol. The van der Waals surface area contributed by atoms with Gasteiger partial charge in [0.15, 0.2) is 0 Å². The van der Waals surface area contributed by atoms with E-state index < -0.39 is 10.0 Å². The first kappa shape index (κ1) is 17.9. The largest absolute Gasteiger partial charge is 0.301 e. The lowest BCUT2D eigenvalue weighted by atomic mass is 10.1.